The third kappa shape index (κ3) is 7.00. The van der Waals surface area contributed by atoms with E-state index in [9.17, 15) is 61.9 Å². The molecule has 0 bridgehead atoms. The van der Waals surface area contributed by atoms with Gasteiger partial charge in [0.15, 0.2) is 5.82 Å². The van der Waals surface area contributed by atoms with E-state index in [4.69, 9.17) is 5.14 Å². The van der Waals surface area contributed by atoms with Crippen molar-refractivity contribution in [3.8, 4) is 0 Å². The van der Waals surface area contributed by atoms with Crippen LogP contribution in [0.4, 0.5) is 59.7 Å². The lowest BCUT2D eigenvalue weighted by Gasteiger charge is -2.31. The molecule has 0 spiro atoms. The highest BCUT2D eigenvalue weighted by Crippen LogP contribution is 2.54. The topological polar surface area (TPSA) is 110 Å². The summed E-state index contributed by atoms with van der Waals surface area (Å²) >= 11 is 0.841. The van der Waals surface area contributed by atoms with Gasteiger partial charge in [-0.25, -0.2) is 22.3 Å². The first kappa shape index (κ1) is 35.9. The number of hydrogen-bond acceptors (Lipinski definition) is 4. The fourth-order valence-corrected chi connectivity index (χ4v) is 5.15. The molecule has 0 aliphatic heterocycles. The first-order valence-corrected chi connectivity index (χ1v) is 14.2. The van der Waals surface area contributed by atoms with Crippen LogP contribution in [0.5, 0.6) is 0 Å². The Kier molecular flexibility index (Phi) is 9.59. The fourth-order valence-electron chi connectivity index (χ4n) is 3.87. The van der Waals surface area contributed by atoms with Crippen LogP contribution in [0.2, 0.25) is 0 Å². The molecule has 0 unspecified atom stereocenters. The van der Waals surface area contributed by atoms with E-state index in [2.05, 4.69) is 0 Å². The summed E-state index contributed by atoms with van der Waals surface area (Å²) in [4.78, 5) is 26.0. The van der Waals surface area contributed by atoms with Crippen molar-refractivity contribution < 1.29 is 66.3 Å². The van der Waals surface area contributed by atoms with Crippen molar-refractivity contribution in [2.24, 2.45) is 5.14 Å². The molecule has 0 aliphatic rings. The van der Waals surface area contributed by atoms with Crippen LogP contribution in [-0.4, -0.2) is 39.6 Å². The number of anilines is 2. The van der Waals surface area contributed by atoms with Gasteiger partial charge < -0.3 is 10.2 Å². The van der Waals surface area contributed by atoms with E-state index < -0.39 is 89.6 Å². The highest BCUT2D eigenvalue weighted by atomic mass is 127. The number of carbonyl (C=O) groups excluding carboxylic acids is 2. The highest BCUT2D eigenvalue weighted by Gasteiger charge is 2.73. The summed E-state index contributed by atoms with van der Waals surface area (Å²) in [6, 6.07) is 5.73. The second kappa shape index (κ2) is 12.0. The number of nitrogens with one attached hydrogen (secondary N) is 1. The van der Waals surface area contributed by atoms with Gasteiger partial charge in [0, 0.05) is 21.7 Å². The summed E-state index contributed by atoms with van der Waals surface area (Å²) in [5, 5.41) is 6.56. The van der Waals surface area contributed by atoms with E-state index in [1.165, 1.54) is 0 Å². The Bertz CT molecular complexity index is 1740. The first-order valence-electron chi connectivity index (χ1n) is 11.6. The SMILES string of the molecule is CN(C(=O)c1ccc(S(N)(=O)=O)cc1)c1cccc(C(=O)Nc2c(I)cc(C(F)(C(F)(F)F)C(F)(F)F)cc2C(F)(F)F)c1F. The standard InChI is InChI=1S/C25H15F11IN3O4S/c1-40(21(42)11-5-7-13(8-6-11)45(38,43)44)17-4-2-3-14(18(17)26)20(41)39-19-15(23(28,29)30)9-12(10-16(19)37)22(27,24(31,32)33)25(34,35)36/h2-10H,1H3,(H,39,41)(H2,38,43,44). The molecule has 3 rings (SSSR count). The molecule has 20 heteroatoms. The number of nitrogens with two attached hydrogens (primary N) is 1. The lowest BCUT2D eigenvalue weighted by molar-refractivity contribution is -0.348. The Morgan fingerprint density at radius 2 is 1.40 bits per heavy atom. The summed E-state index contributed by atoms with van der Waals surface area (Å²) in [6.07, 6.45) is -19.2. The number of nitrogens with zero attached hydrogens (tertiary/aromatic N) is 1. The number of amides is 2. The van der Waals surface area contributed by atoms with Gasteiger partial charge in [0.25, 0.3) is 11.8 Å². The van der Waals surface area contributed by atoms with Crippen molar-refractivity contribution >= 4 is 55.8 Å². The quantitative estimate of drug-likeness (QED) is 0.209. The molecule has 244 valence electrons. The van der Waals surface area contributed by atoms with Gasteiger partial charge in [-0.05, 0) is 71.1 Å². The predicted octanol–water partition coefficient (Wildman–Crippen LogP) is 6.91. The minimum absolute atomic E-state index is 0.190. The number of primary sulfonamides is 1. The van der Waals surface area contributed by atoms with E-state index in [0.717, 1.165) is 72.1 Å². The van der Waals surface area contributed by atoms with E-state index in [0.29, 0.717) is 4.90 Å². The van der Waals surface area contributed by atoms with Gasteiger partial charge in [-0.15, -0.1) is 0 Å². The van der Waals surface area contributed by atoms with E-state index in [1.807, 2.05) is 0 Å². The Balaban J connectivity index is 2.05. The normalized spacial score (nSPS) is 13.0. The van der Waals surface area contributed by atoms with Crippen LogP contribution in [-0.2, 0) is 21.9 Å². The van der Waals surface area contributed by atoms with Crippen LogP contribution in [0.3, 0.4) is 0 Å². The van der Waals surface area contributed by atoms with Crippen molar-refractivity contribution in [3.63, 3.8) is 0 Å². The summed E-state index contributed by atoms with van der Waals surface area (Å²) in [7, 11) is -3.10. The fraction of sp³-hybridized carbons (Fsp3) is 0.200. The van der Waals surface area contributed by atoms with Gasteiger partial charge in [-0.2, -0.15) is 39.5 Å². The molecule has 0 fully saturated rings. The van der Waals surface area contributed by atoms with Gasteiger partial charge in [-0.3, -0.25) is 9.59 Å². The van der Waals surface area contributed by atoms with Crippen LogP contribution < -0.4 is 15.4 Å². The Labute approximate surface area is 259 Å². The molecular formula is C25H15F11IN3O4S. The molecule has 0 aromatic heterocycles. The highest BCUT2D eigenvalue weighted by molar-refractivity contribution is 14.1. The molecule has 3 N–H and O–H groups in total. The molecule has 3 aromatic carbocycles. The van der Waals surface area contributed by atoms with Crippen LogP contribution in [0.1, 0.15) is 31.8 Å². The van der Waals surface area contributed by atoms with E-state index >= 15 is 4.39 Å². The zero-order valence-electron chi connectivity index (χ0n) is 21.8. The molecule has 45 heavy (non-hydrogen) atoms. The molecule has 0 heterocycles. The van der Waals surface area contributed by atoms with Gasteiger partial charge >= 0.3 is 24.2 Å². The number of carbonyl (C=O) groups is 2. The van der Waals surface area contributed by atoms with Crippen molar-refractivity contribution in [2.45, 2.75) is 29.1 Å². The lowest BCUT2D eigenvalue weighted by Crippen LogP contribution is -2.50. The Hall–Kier alpha value is -3.53. The summed E-state index contributed by atoms with van der Waals surface area (Å²) in [5.41, 5.74) is -14.2. The van der Waals surface area contributed by atoms with Crippen LogP contribution in [0.15, 0.2) is 59.5 Å². The maximum absolute atomic E-state index is 15.4. The smallest absolute Gasteiger partial charge is 0.320 e. The van der Waals surface area contributed by atoms with Crippen LogP contribution in [0, 0.1) is 9.39 Å². The molecular weight excluding hydrogens is 774 g/mol. The van der Waals surface area contributed by atoms with Crippen LogP contribution >= 0.6 is 22.6 Å². The minimum atomic E-state index is -6.74. The Morgan fingerprint density at radius 1 is 0.867 bits per heavy atom. The van der Waals surface area contributed by atoms with E-state index in [-0.39, 0.29) is 16.5 Å². The van der Waals surface area contributed by atoms with Crippen molar-refractivity contribution in [2.75, 3.05) is 17.3 Å². The molecule has 3 aromatic rings. The molecule has 0 atom stereocenters. The molecule has 7 nitrogen and oxygen atoms in total. The number of sulfonamides is 1. The summed E-state index contributed by atoms with van der Waals surface area (Å²) in [5.74, 6) is -4.13. The third-order valence-electron chi connectivity index (χ3n) is 6.13. The predicted molar refractivity (Wildman–Crippen MR) is 144 cm³/mol. The Morgan fingerprint density at radius 3 is 1.87 bits per heavy atom. The number of benzene rings is 3. The van der Waals surface area contributed by atoms with Gasteiger partial charge in [0.05, 0.1) is 27.4 Å². The molecule has 0 aliphatic carbocycles. The van der Waals surface area contributed by atoms with Crippen molar-refractivity contribution in [3.05, 3.63) is 86.2 Å². The van der Waals surface area contributed by atoms with Gasteiger partial charge in [0.2, 0.25) is 10.0 Å². The minimum Gasteiger partial charge on any atom is -0.320 e. The van der Waals surface area contributed by atoms with Gasteiger partial charge in [0.1, 0.15) is 0 Å². The average Bonchev–Trinajstić information content (AvgIpc) is 2.90. The lowest BCUT2D eigenvalue weighted by atomic mass is 9.92. The maximum atomic E-state index is 15.4. The van der Waals surface area contributed by atoms with Crippen molar-refractivity contribution in [1.82, 2.24) is 0 Å². The second-order valence-corrected chi connectivity index (χ2v) is 11.8. The molecule has 0 saturated carbocycles. The summed E-state index contributed by atoms with van der Waals surface area (Å²) in [6.45, 7) is 0. The third-order valence-corrected chi connectivity index (χ3v) is 7.91. The maximum Gasteiger partial charge on any atom is 0.435 e. The zero-order chi connectivity index (χ0) is 34.5. The first-order chi connectivity index (χ1) is 20.3. The summed E-state index contributed by atoms with van der Waals surface area (Å²) < 4.78 is 172. The van der Waals surface area contributed by atoms with Gasteiger partial charge in [-0.1, -0.05) is 6.07 Å². The number of halogens is 12. The molecule has 0 saturated heterocycles. The molecule has 0 radical (unpaired) electrons. The zero-order valence-corrected chi connectivity index (χ0v) is 24.8. The monoisotopic (exact) mass is 789 g/mol. The average molecular weight is 789 g/mol. The molecule has 2 amide bonds. The second-order valence-electron chi connectivity index (χ2n) is 9.06. The number of rotatable bonds is 6. The van der Waals surface area contributed by atoms with E-state index in [1.54, 1.807) is 5.32 Å². The number of alkyl halides is 10. The van der Waals surface area contributed by atoms with Crippen LogP contribution in [0.25, 0.3) is 0 Å². The number of hydrogen-bond donors (Lipinski definition) is 2. The largest absolute Gasteiger partial charge is 0.435 e. The van der Waals surface area contributed by atoms with Crippen molar-refractivity contribution in [1.29, 1.82) is 0 Å².